The molecule has 0 amide bonds. The van der Waals surface area contributed by atoms with Crippen LogP contribution in [0, 0.1) is 0 Å². The molecule has 3 aromatic carbocycles. The maximum atomic E-state index is 13.2. The van der Waals surface area contributed by atoms with Gasteiger partial charge in [0.1, 0.15) is 5.16 Å². The van der Waals surface area contributed by atoms with E-state index >= 15 is 0 Å². The molecule has 206 valence electrons. The van der Waals surface area contributed by atoms with Crippen molar-refractivity contribution < 1.29 is 28.7 Å². The smallest absolute Gasteiger partial charge is 0.324 e. The van der Waals surface area contributed by atoms with Crippen LogP contribution >= 0.6 is 15.2 Å². The molecule has 0 fully saturated rings. The fourth-order valence-electron chi connectivity index (χ4n) is 5.83. The Bertz CT molecular complexity index is 1340. The lowest BCUT2D eigenvalue weighted by Crippen LogP contribution is -2.29. The number of hydrogen-bond acceptors (Lipinski definition) is 2. The number of unbranched alkanes of at least 4 members (excludes halogenated alkanes) is 1. The van der Waals surface area contributed by atoms with Crippen LogP contribution in [0.25, 0.3) is 0 Å². The summed E-state index contributed by atoms with van der Waals surface area (Å²) in [5.74, 6) is 0. The van der Waals surface area contributed by atoms with Gasteiger partial charge in [0.2, 0.25) is 0 Å². The van der Waals surface area contributed by atoms with Crippen LogP contribution in [0.2, 0.25) is 0 Å². The summed E-state index contributed by atoms with van der Waals surface area (Å²) in [5, 5.41) is -2.95. The zero-order valence-electron chi connectivity index (χ0n) is 21.8. The summed E-state index contributed by atoms with van der Waals surface area (Å²) in [6.45, 7) is 0. The molecule has 0 heterocycles. The highest BCUT2D eigenvalue weighted by molar-refractivity contribution is 7.53. The van der Waals surface area contributed by atoms with E-state index in [1.807, 2.05) is 36.4 Å². The standard InChI is InChI=1S/C31H36O6P2/c32-38(33,34)30(27-16-4-1-5-17-27,25-22-26-14-10-11-15-26)23-12-13-24-31(39(35,36)37,28-18-6-2-7-19-28)29-20-8-3-9-21-29/h1-11,14,16-21H,12-13,15,22-25H2,(H2,32,33,34)(H2,35,36,37). The Kier molecular flexibility index (Phi) is 9.29. The van der Waals surface area contributed by atoms with Crippen LogP contribution in [0.5, 0.6) is 0 Å². The maximum absolute atomic E-state index is 13.2. The zero-order chi connectivity index (χ0) is 28.0. The van der Waals surface area contributed by atoms with Crippen molar-refractivity contribution in [2.24, 2.45) is 0 Å². The third kappa shape index (κ3) is 6.28. The number of allylic oxidation sites excluding steroid dienone is 4. The lowest BCUT2D eigenvalue weighted by molar-refractivity contribution is 0.298. The minimum absolute atomic E-state index is 0.131. The van der Waals surface area contributed by atoms with Crippen LogP contribution in [-0.2, 0) is 19.4 Å². The topological polar surface area (TPSA) is 115 Å². The van der Waals surface area contributed by atoms with Gasteiger partial charge in [0.15, 0.2) is 0 Å². The third-order valence-corrected chi connectivity index (χ3v) is 11.5. The van der Waals surface area contributed by atoms with E-state index in [0.29, 0.717) is 36.0 Å². The predicted octanol–water partition coefficient (Wildman–Crippen LogP) is 7.41. The monoisotopic (exact) mass is 566 g/mol. The van der Waals surface area contributed by atoms with E-state index in [1.54, 1.807) is 72.8 Å². The number of benzene rings is 3. The Labute approximate surface area is 230 Å². The zero-order valence-corrected chi connectivity index (χ0v) is 23.6. The highest BCUT2D eigenvalue weighted by Gasteiger charge is 2.50. The SMILES string of the molecule is O=P(O)(O)C(CCCCC(c1ccccc1)(c1ccccc1)P(=O)(O)O)(CCC1=CC=CC1)c1ccccc1. The van der Waals surface area contributed by atoms with Crippen molar-refractivity contribution in [2.45, 2.75) is 55.3 Å². The average molecular weight is 567 g/mol. The van der Waals surface area contributed by atoms with E-state index in [2.05, 4.69) is 0 Å². The van der Waals surface area contributed by atoms with Crippen molar-refractivity contribution in [1.29, 1.82) is 0 Å². The molecule has 0 saturated carbocycles. The van der Waals surface area contributed by atoms with Gasteiger partial charge in [-0.3, -0.25) is 9.13 Å². The van der Waals surface area contributed by atoms with Crippen molar-refractivity contribution in [3.8, 4) is 0 Å². The Hall–Kier alpha value is -2.56. The number of rotatable bonds is 13. The predicted molar refractivity (Wildman–Crippen MR) is 155 cm³/mol. The maximum Gasteiger partial charge on any atom is 0.340 e. The van der Waals surface area contributed by atoms with E-state index in [9.17, 15) is 28.7 Å². The second kappa shape index (κ2) is 12.3. The van der Waals surface area contributed by atoms with Crippen molar-refractivity contribution in [3.05, 3.63) is 131 Å². The number of hydrogen-bond donors (Lipinski definition) is 4. The normalized spacial score (nSPS) is 15.6. The summed E-state index contributed by atoms with van der Waals surface area (Å²) >= 11 is 0. The fraction of sp³-hybridized carbons (Fsp3) is 0.290. The molecule has 1 aliphatic rings. The minimum atomic E-state index is -4.72. The third-order valence-electron chi connectivity index (χ3n) is 7.96. The molecule has 0 radical (unpaired) electrons. The Balaban J connectivity index is 1.65. The van der Waals surface area contributed by atoms with Crippen LogP contribution in [0.15, 0.2) is 115 Å². The van der Waals surface area contributed by atoms with E-state index in [1.165, 1.54) is 0 Å². The van der Waals surface area contributed by atoms with Crippen molar-refractivity contribution in [3.63, 3.8) is 0 Å². The summed E-state index contributed by atoms with van der Waals surface area (Å²) in [5.41, 5.74) is 2.78. The first-order valence-corrected chi connectivity index (χ1v) is 16.5. The van der Waals surface area contributed by atoms with Crippen LogP contribution in [0.3, 0.4) is 0 Å². The molecule has 1 atom stereocenters. The first-order chi connectivity index (χ1) is 18.6. The molecular formula is C31H36O6P2. The van der Waals surface area contributed by atoms with E-state index < -0.39 is 25.5 Å². The van der Waals surface area contributed by atoms with Gasteiger partial charge in [-0.1, -0.05) is 128 Å². The molecular weight excluding hydrogens is 530 g/mol. The van der Waals surface area contributed by atoms with Gasteiger partial charge in [-0.2, -0.15) is 0 Å². The molecule has 4 N–H and O–H groups in total. The quantitative estimate of drug-likeness (QED) is 0.127. The van der Waals surface area contributed by atoms with Gasteiger partial charge in [0.25, 0.3) is 0 Å². The van der Waals surface area contributed by atoms with Gasteiger partial charge >= 0.3 is 15.2 Å². The molecule has 4 rings (SSSR count). The molecule has 0 aromatic heterocycles. The summed E-state index contributed by atoms with van der Waals surface area (Å²) in [6, 6.07) is 26.6. The van der Waals surface area contributed by atoms with Crippen LogP contribution in [0.1, 0.15) is 61.6 Å². The van der Waals surface area contributed by atoms with E-state index in [-0.39, 0.29) is 19.3 Å². The Morgan fingerprint density at radius 2 is 1.10 bits per heavy atom. The minimum Gasteiger partial charge on any atom is -0.324 e. The van der Waals surface area contributed by atoms with E-state index in [4.69, 9.17) is 0 Å². The molecule has 6 nitrogen and oxygen atoms in total. The lowest BCUT2D eigenvalue weighted by atomic mass is 9.83. The largest absolute Gasteiger partial charge is 0.340 e. The molecule has 0 spiro atoms. The summed E-state index contributed by atoms with van der Waals surface area (Å²) in [6.07, 6.45) is 8.72. The first-order valence-electron chi connectivity index (χ1n) is 13.2. The summed E-state index contributed by atoms with van der Waals surface area (Å²) < 4.78 is 26.4. The molecule has 39 heavy (non-hydrogen) atoms. The molecule has 1 unspecified atom stereocenters. The summed E-state index contributed by atoms with van der Waals surface area (Å²) in [4.78, 5) is 43.1. The second-order valence-electron chi connectivity index (χ2n) is 10.2. The molecule has 8 heteroatoms. The van der Waals surface area contributed by atoms with Gasteiger partial charge in [-0.05, 0) is 48.8 Å². The summed E-state index contributed by atoms with van der Waals surface area (Å²) in [7, 11) is -9.33. The van der Waals surface area contributed by atoms with Crippen LogP contribution < -0.4 is 0 Å². The second-order valence-corrected chi connectivity index (χ2v) is 14.0. The Morgan fingerprint density at radius 3 is 1.54 bits per heavy atom. The van der Waals surface area contributed by atoms with Gasteiger partial charge < -0.3 is 19.6 Å². The molecule has 0 saturated heterocycles. The Morgan fingerprint density at radius 1 is 0.615 bits per heavy atom. The van der Waals surface area contributed by atoms with Gasteiger partial charge in [-0.25, -0.2) is 0 Å². The highest BCUT2D eigenvalue weighted by atomic mass is 31.2. The fourth-order valence-corrected chi connectivity index (χ4v) is 8.59. The van der Waals surface area contributed by atoms with Crippen molar-refractivity contribution >= 4 is 15.2 Å². The molecule has 3 aromatic rings. The highest BCUT2D eigenvalue weighted by Crippen LogP contribution is 2.65. The van der Waals surface area contributed by atoms with Gasteiger partial charge in [-0.15, -0.1) is 0 Å². The van der Waals surface area contributed by atoms with E-state index in [0.717, 1.165) is 12.0 Å². The first kappa shape index (κ1) is 29.4. The van der Waals surface area contributed by atoms with Crippen molar-refractivity contribution in [2.75, 3.05) is 0 Å². The van der Waals surface area contributed by atoms with Crippen molar-refractivity contribution in [1.82, 2.24) is 0 Å². The van der Waals surface area contributed by atoms with Gasteiger partial charge in [0, 0.05) is 0 Å². The molecule has 1 aliphatic carbocycles. The van der Waals surface area contributed by atoms with Crippen LogP contribution in [0.4, 0.5) is 0 Å². The molecule has 0 aliphatic heterocycles. The van der Waals surface area contributed by atoms with Gasteiger partial charge in [0.05, 0.1) is 5.16 Å². The molecule has 0 bridgehead atoms. The van der Waals surface area contributed by atoms with Crippen LogP contribution in [-0.4, -0.2) is 19.6 Å². The lowest BCUT2D eigenvalue weighted by Gasteiger charge is -2.37. The average Bonchev–Trinajstić information content (AvgIpc) is 3.44.